The summed E-state index contributed by atoms with van der Waals surface area (Å²) in [5.41, 5.74) is 0.617. The maximum atomic E-state index is 13.0. The van der Waals surface area contributed by atoms with Gasteiger partial charge in [-0.2, -0.15) is 0 Å². The smallest absolute Gasteiger partial charge is 0.141 e. The van der Waals surface area contributed by atoms with Crippen LogP contribution in [0.3, 0.4) is 0 Å². The van der Waals surface area contributed by atoms with Gasteiger partial charge in [-0.05, 0) is 52.4 Å². The van der Waals surface area contributed by atoms with Gasteiger partial charge < -0.3 is 10.4 Å². The first-order chi connectivity index (χ1) is 9.90. The Kier molecular flexibility index (Phi) is 7.22. The molecule has 0 amide bonds. The van der Waals surface area contributed by atoms with E-state index in [9.17, 15) is 9.50 Å². The van der Waals surface area contributed by atoms with Crippen LogP contribution in [0.4, 0.5) is 4.39 Å². The zero-order valence-corrected chi connectivity index (χ0v) is 13.6. The molecule has 0 aliphatic rings. The largest absolute Gasteiger partial charge is 0.394 e. The van der Waals surface area contributed by atoms with Gasteiger partial charge in [-0.3, -0.25) is 9.88 Å². The highest BCUT2D eigenvalue weighted by Crippen LogP contribution is 2.18. The molecule has 1 aromatic rings. The second-order valence-corrected chi connectivity index (χ2v) is 6.09. The molecule has 0 saturated heterocycles. The zero-order chi connectivity index (χ0) is 15.9. The quantitative estimate of drug-likeness (QED) is 0.734. The van der Waals surface area contributed by atoms with Crippen molar-refractivity contribution in [1.29, 1.82) is 0 Å². The Morgan fingerprint density at radius 2 is 2.14 bits per heavy atom. The molecule has 0 bridgehead atoms. The molecule has 120 valence electrons. The lowest BCUT2D eigenvalue weighted by molar-refractivity contribution is 0.0756. The predicted octanol–water partition coefficient (Wildman–Crippen LogP) is 2.35. The van der Waals surface area contributed by atoms with E-state index >= 15 is 0 Å². The van der Waals surface area contributed by atoms with Crippen LogP contribution in [0.25, 0.3) is 0 Å². The van der Waals surface area contributed by atoms with E-state index < -0.39 is 0 Å². The van der Waals surface area contributed by atoms with E-state index in [1.54, 1.807) is 6.07 Å². The molecule has 0 aliphatic heterocycles. The van der Waals surface area contributed by atoms with Crippen LogP contribution in [0.15, 0.2) is 18.3 Å². The molecular weight excluding hydrogens is 269 g/mol. The number of aliphatic hydroxyl groups is 1. The molecule has 0 fully saturated rings. The van der Waals surface area contributed by atoms with Gasteiger partial charge in [-0.25, -0.2) is 4.39 Å². The second kappa shape index (κ2) is 8.41. The summed E-state index contributed by atoms with van der Waals surface area (Å²) in [7, 11) is 2.01. The number of pyridine rings is 1. The monoisotopic (exact) mass is 297 g/mol. The van der Waals surface area contributed by atoms with Crippen molar-refractivity contribution in [2.24, 2.45) is 0 Å². The molecule has 0 aliphatic carbocycles. The van der Waals surface area contributed by atoms with Crippen molar-refractivity contribution >= 4 is 0 Å². The van der Waals surface area contributed by atoms with Gasteiger partial charge >= 0.3 is 0 Å². The van der Waals surface area contributed by atoms with Gasteiger partial charge in [0.25, 0.3) is 0 Å². The lowest BCUT2D eigenvalue weighted by Gasteiger charge is -2.34. The van der Waals surface area contributed by atoms with Crippen LogP contribution < -0.4 is 5.32 Å². The van der Waals surface area contributed by atoms with Crippen LogP contribution in [0.2, 0.25) is 0 Å². The summed E-state index contributed by atoms with van der Waals surface area (Å²) < 4.78 is 13.0. The average molecular weight is 297 g/mol. The molecule has 2 N–H and O–H groups in total. The Bertz CT molecular complexity index is 408. The normalized spacial score (nSPS) is 13.7. The summed E-state index contributed by atoms with van der Waals surface area (Å²) in [6.07, 6.45) is 3.16. The minimum absolute atomic E-state index is 0.0995. The molecule has 4 nitrogen and oxygen atoms in total. The van der Waals surface area contributed by atoms with Crippen molar-refractivity contribution in [3.05, 3.63) is 29.8 Å². The summed E-state index contributed by atoms with van der Waals surface area (Å²) in [6, 6.07) is 3.28. The van der Waals surface area contributed by atoms with Crippen LogP contribution in [-0.4, -0.2) is 47.3 Å². The van der Waals surface area contributed by atoms with Gasteiger partial charge in [0.15, 0.2) is 0 Å². The lowest BCUT2D eigenvalue weighted by atomic mass is 10.0. The highest BCUT2D eigenvalue weighted by molar-refractivity contribution is 5.10. The molecule has 0 aromatic carbocycles. The van der Waals surface area contributed by atoms with Crippen molar-refractivity contribution < 1.29 is 9.50 Å². The topological polar surface area (TPSA) is 48.4 Å². The Labute approximate surface area is 127 Å². The summed E-state index contributed by atoms with van der Waals surface area (Å²) >= 11 is 0. The number of hydrogen-bond acceptors (Lipinski definition) is 4. The van der Waals surface area contributed by atoms with Gasteiger partial charge in [-0.15, -0.1) is 0 Å². The number of aromatic nitrogens is 1. The molecular formula is C16H28FN3O. The summed E-state index contributed by atoms with van der Waals surface area (Å²) in [6.45, 7) is 7.98. The minimum Gasteiger partial charge on any atom is -0.394 e. The van der Waals surface area contributed by atoms with E-state index in [1.165, 1.54) is 12.3 Å². The first-order valence-corrected chi connectivity index (χ1v) is 7.57. The molecule has 1 heterocycles. The van der Waals surface area contributed by atoms with Crippen LogP contribution >= 0.6 is 0 Å². The Balaban J connectivity index is 2.68. The minimum atomic E-state index is -0.313. The highest BCUT2D eigenvalue weighted by Gasteiger charge is 2.23. The highest BCUT2D eigenvalue weighted by atomic mass is 19.1. The third kappa shape index (κ3) is 5.69. The average Bonchev–Trinajstić information content (AvgIpc) is 2.48. The molecule has 1 atom stereocenters. The maximum Gasteiger partial charge on any atom is 0.141 e. The van der Waals surface area contributed by atoms with E-state index in [2.05, 4.69) is 22.1 Å². The first kappa shape index (κ1) is 18.0. The predicted molar refractivity (Wildman–Crippen MR) is 83.6 cm³/mol. The fraction of sp³-hybridized carbons (Fsp3) is 0.688. The number of aliphatic hydroxyl groups excluding tert-OH is 1. The van der Waals surface area contributed by atoms with Crippen LogP contribution in [0.5, 0.6) is 0 Å². The SMILES string of the molecule is CCCNC(CCN(C)C(C)(C)CO)c1ccc(F)cn1. The molecule has 5 heteroatoms. The van der Waals surface area contributed by atoms with E-state index in [4.69, 9.17) is 0 Å². The number of hydrogen-bond donors (Lipinski definition) is 2. The van der Waals surface area contributed by atoms with Crippen molar-refractivity contribution in [1.82, 2.24) is 15.2 Å². The van der Waals surface area contributed by atoms with Crippen LogP contribution in [-0.2, 0) is 0 Å². The zero-order valence-electron chi connectivity index (χ0n) is 13.6. The van der Waals surface area contributed by atoms with Gasteiger partial charge in [0.2, 0.25) is 0 Å². The van der Waals surface area contributed by atoms with E-state index in [1.807, 2.05) is 20.9 Å². The number of nitrogens with zero attached hydrogens (tertiary/aromatic N) is 2. The van der Waals surface area contributed by atoms with E-state index in [0.717, 1.165) is 31.6 Å². The van der Waals surface area contributed by atoms with Crippen molar-refractivity contribution in [3.8, 4) is 0 Å². The first-order valence-electron chi connectivity index (χ1n) is 7.57. The number of rotatable bonds is 9. The molecule has 21 heavy (non-hydrogen) atoms. The van der Waals surface area contributed by atoms with Gasteiger partial charge in [0.05, 0.1) is 24.5 Å². The lowest BCUT2D eigenvalue weighted by Crippen LogP contribution is -2.45. The van der Waals surface area contributed by atoms with Gasteiger partial charge in [0.1, 0.15) is 5.82 Å². The van der Waals surface area contributed by atoms with Crippen LogP contribution in [0.1, 0.15) is 45.3 Å². The van der Waals surface area contributed by atoms with Crippen molar-refractivity contribution in [2.45, 2.75) is 45.2 Å². The molecule has 0 spiro atoms. The Morgan fingerprint density at radius 1 is 1.43 bits per heavy atom. The summed E-state index contributed by atoms with van der Waals surface area (Å²) in [5, 5.41) is 12.9. The van der Waals surface area contributed by atoms with E-state index in [-0.39, 0.29) is 24.0 Å². The van der Waals surface area contributed by atoms with Gasteiger partial charge in [0, 0.05) is 12.1 Å². The molecule has 1 unspecified atom stereocenters. The number of halogens is 1. The van der Waals surface area contributed by atoms with Gasteiger partial charge in [-0.1, -0.05) is 6.92 Å². The fourth-order valence-electron chi connectivity index (χ4n) is 2.01. The summed E-state index contributed by atoms with van der Waals surface area (Å²) in [5.74, 6) is -0.313. The van der Waals surface area contributed by atoms with Crippen molar-refractivity contribution in [3.63, 3.8) is 0 Å². The standard InChI is InChI=1S/C16H28FN3O/c1-5-9-18-15(14-7-6-13(17)11-19-14)8-10-20(4)16(2,3)12-21/h6-7,11,15,18,21H,5,8-10,12H2,1-4H3. The Hall–Kier alpha value is -1.04. The molecule has 1 rings (SSSR count). The van der Waals surface area contributed by atoms with E-state index in [0.29, 0.717) is 0 Å². The third-order valence-corrected chi connectivity index (χ3v) is 3.92. The third-order valence-electron chi connectivity index (χ3n) is 3.92. The second-order valence-electron chi connectivity index (χ2n) is 6.09. The number of nitrogens with one attached hydrogen (secondary N) is 1. The fourth-order valence-corrected chi connectivity index (χ4v) is 2.01. The molecule has 0 saturated carbocycles. The van der Waals surface area contributed by atoms with Crippen molar-refractivity contribution in [2.75, 3.05) is 26.7 Å². The maximum absolute atomic E-state index is 13.0. The summed E-state index contributed by atoms with van der Waals surface area (Å²) in [4.78, 5) is 6.32. The van der Waals surface area contributed by atoms with Crippen LogP contribution in [0, 0.1) is 5.82 Å². The Morgan fingerprint density at radius 3 is 2.67 bits per heavy atom. The molecule has 1 aromatic heterocycles. The molecule has 0 radical (unpaired) electrons. The number of likely N-dealkylation sites (N-methyl/N-ethyl adjacent to an activating group) is 1.